The number of hydrogen-bond acceptors (Lipinski definition) is 4. The molecule has 0 aliphatic heterocycles. The van der Waals surface area contributed by atoms with E-state index in [-0.39, 0.29) is 6.04 Å². The lowest BCUT2D eigenvalue weighted by atomic mass is 10.0. The van der Waals surface area contributed by atoms with Gasteiger partial charge < -0.3 is 15.7 Å². The van der Waals surface area contributed by atoms with E-state index in [9.17, 15) is 5.11 Å². The van der Waals surface area contributed by atoms with Gasteiger partial charge in [-0.15, -0.1) is 0 Å². The molecule has 0 aliphatic carbocycles. The molecule has 2 aromatic carbocycles. The SMILES string of the molecule is NC(Cc1ccccc1)C(O)CNOCCc1ccccc1. The summed E-state index contributed by atoms with van der Waals surface area (Å²) < 4.78 is 0. The van der Waals surface area contributed by atoms with Gasteiger partial charge in [-0.05, 0) is 24.0 Å². The molecule has 4 N–H and O–H groups in total. The van der Waals surface area contributed by atoms with Crippen LogP contribution < -0.4 is 11.2 Å². The van der Waals surface area contributed by atoms with Gasteiger partial charge in [-0.2, -0.15) is 5.48 Å². The molecule has 2 aromatic rings. The number of rotatable bonds is 9. The van der Waals surface area contributed by atoms with Gasteiger partial charge in [0, 0.05) is 12.6 Å². The van der Waals surface area contributed by atoms with Crippen molar-refractivity contribution in [1.29, 1.82) is 0 Å². The van der Waals surface area contributed by atoms with E-state index in [1.54, 1.807) is 0 Å². The molecule has 0 radical (unpaired) electrons. The number of aliphatic hydroxyl groups excluding tert-OH is 1. The van der Waals surface area contributed by atoms with Gasteiger partial charge in [-0.25, -0.2) is 0 Å². The maximum Gasteiger partial charge on any atom is 0.0841 e. The zero-order chi connectivity index (χ0) is 15.6. The fourth-order valence-corrected chi connectivity index (χ4v) is 2.20. The van der Waals surface area contributed by atoms with Crippen LogP contribution in [0.15, 0.2) is 60.7 Å². The van der Waals surface area contributed by atoms with Gasteiger partial charge in [-0.1, -0.05) is 60.7 Å². The standard InChI is InChI=1S/C18H24N2O2/c19-17(13-16-9-5-2-6-10-16)18(21)14-20-22-12-11-15-7-3-1-4-8-15/h1-10,17-18,20-21H,11-14,19H2. The smallest absolute Gasteiger partial charge is 0.0841 e. The van der Waals surface area contributed by atoms with Crippen LogP contribution in [-0.2, 0) is 17.7 Å². The fraction of sp³-hybridized carbons (Fsp3) is 0.333. The Morgan fingerprint density at radius 1 is 0.955 bits per heavy atom. The molecule has 0 aromatic heterocycles. The van der Waals surface area contributed by atoms with E-state index in [4.69, 9.17) is 10.6 Å². The van der Waals surface area contributed by atoms with Gasteiger partial charge in [-0.3, -0.25) is 0 Å². The molecule has 0 fully saturated rings. The molecule has 22 heavy (non-hydrogen) atoms. The molecule has 2 atom stereocenters. The van der Waals surface area contributed by atoms with Crippen molar-refractivity contribution in [2.24, 2.45) is 5.73 Å². The Morgan fingerprint density at radius 3 is 2.18 bits per heavy atom. The minimum absolute atomic E-state index is 0.312. The number of aliphatic hydroxyl groups is 1. The maximum atomic E-state index is 10.0. The molecular formula is C18H24N2O2. The van der Waals surface area contributed by atoms with E-state index in [1.807, 2.05) is 48.5 Å². The Morgan fingerprint density at radius 2 is 1.55 bits per heavy atom. The molecule has 0 saturated carbocycles. The monoisotopic (exact) mass is 300 g/mol. The van der Waals surface area contributed by atoms with E-state index < -0.39 is 6.10 Å². The summed E-state index contributed by atoms with van der Waals surface area (Å²) in [6.45, 7) is 0.882. The number of hydrogen-bond donors (Lipinski definition) is 3. The van der Waals surface area contributed by atoms with Gasteiger partial charge in [0.05, 0.1) is 12.7 Å². The third kappa shape index (κ3) is 5.95. The molecule has 0 spiro atoms. The van der Waals surface area contributed by atoms with Crippen LogP contribution in [0.4, 0.5) is 0 Å². The third-order valence-electron chi connectivity index (χ3n) is 3.54. The van der Waals surface area contributed by atoms with E-state index in [2.05, 4.69) is 17.6 Å². The van der Waals surface area contributed by atoms with Gasteiger partial charge in [0.25, 0.3) is 0 Å². The third-order valence-corrected chi connectivity index (χ3v) is 3.54. The molecule has 2 rings (SSSR count). The lowest BCUT2D eigenvalue weighted by Crippen LogP contribution is -2.43. The minimum atomic E-state index is -0.642. The Hall–Kier alpha value is -1.72. The fourth-order valence-electron chi connectivity index (χ4n) is 2.20. The highest BCUT2D eigenvalue weighted by Crippen LogP contribution is 2.04. The highest BCUT2D eigenvalue weighted by atomic mass is 16.6. The lowest BCUT2D eigenvalue weighted by Gasteiger charge is -2.19. The first-order valence-corrected chi connectivity index (χ1v) is 7.62. The van der Waals surface area contributed by atoms with Gasteiger partial charge in [0.2, 0.25) is 0 Å². The molecule has 0 heterocycles. The molecular weight excluding hydrogens is 276 g/mol. The van der Waals surface area contributed by atoms with Crippen molar-refractivity contribution >= 4 is 0 Å². The first-order valence-electron chi connectivity index (χ1n) is 7.62. The van der Waals surface area contributed by atoms with Crippen LogP contribution in [0.5, 0.6) is 0 Å². The number of nitrogens with one attached hydrogen (secondary N) is 1. The van der Waals surface area contributed by atoms with Crippen molar-refractivity contribution in [3.63, 3.8) is 0 Å². The minimum Gasteiger partial charge on any atom is -0.390 e. The number of hydroxylamine groups is 1. The summed E-state index contributed by atoms with van der Waals surface area (Å²) in [6.07, 6.45) is 0.838. The summed E-state index contributed by atoms with van der Waals surface area (Å²) in [4.78, 5) is 5.34. The first-order chi connectivity index (χ1) is 10.8. The van der Waals surface area contributed by atoms with Crippen molar-refractivity contribution < 1.29 is 9.94 Å². The van der Waals surface area contributed by atoms with Crippen LogP contribution in [0.3, 0.4) is 0 Å². The second-order valence-electron chi connectivity index (χ2n) is 5.35. The number of nitrogens with two attached hydrogens (primary N) is 1. The molecule has 2 unspecified atom stereocenters. The molecule has 4 nitrogen and oxygen atoms in total. The van der Waals surface area contributed by atoms with Gasteiger partial charge in [0.1, 0.15) is 0 Å². The summed E-state index contributed by atoms with van der Waals surface area (Å²) in [5.41, 5.74) is 11.2. The summed E-state index contributed by atoms with van der Waals surface area (Å²) in [6, 6.07) is 19.8. The van der Waals surface area contributed by atoms with E-state index in [0.717, 1.165) is 12.0 Å². The van der Waals surface area contributed by atoms with Crippen molar-refractivity contribution in [2.45, 2.75) is 25.0 Å². The van der Waals surface area contributed by atoms with Crippen molar-refractivity contribution in [1.82, 2.24) is 5.48 Å². The maximum absolute atomic E-state index is 10.0. The second-order valence-corrected chi connectivity index (χ2v) is 5.35. The second kappa shape index (κ2) is 9.33. The Balaban J connectivity index is 1.60. The average molecular weight is 300 g/mol. The average Bonchev–Trinajstić information content (AvgIpc) is 2.56. The summed E-state index contributed by atoms with van der Waals surface area (Å²) >= 11 is 0. The summed E-state index contributed by atoms with van der Waals surface area (Å²) in [5, 5.41) is 10.0. The predicted molar refractivity (Wildman–Crippen MR) is 88.2 cm³/mol. The van der Waals surface area contributed by atoms with Crippen molar-refractivity contribution in [3.8, 4) is 0 Å². The van der Waals surface area contributed by atoms with Crippen LogP contribution >= 0.6 is 0 Å². The molecule has 4 heteroatoms. The first kappa shape index (κ1) is 16.6. The Bertz CT molecular complexity index is 519. The lowest BCUT2D eigenvalue weighted by molar-refractivity contribution is 0.0100. The van der Waals surface area contributed by atoms with E-state index in [1.165, 1.54) is 5.56 Å². The number of benzene rings is 2. The summed E-state index contributed by atoms with van der Waals surface area (Å²) in [7, 11) is 0. The highest BCUT2D eigenvalue weighted by molar-refractivity contribution is 5.16. The highest BCUT2D eigenvalue weighted by Gasteiger charge is 2.14. The van der Waals surface area contributed by atoms with Crippen LogP contribution in [0.1, 0.15) is 11.1 Å². The molecule has 118 valence electrons. The largest absolute Gasteiger partial charge is 0.390 e. The Labute approximate surface area is 131 Å². The van der Waals surface area contributed by atoms with Gasteiger partial charge in [0.15, 0.2) is 0 Å². The summed E-state index contributed by atoms with van der Waals surface area (Å²) in [5.74, 6) is 0. The molecule has 0 saturated heterocycles. The van der Waals surface area contributed by atoms with E-state index in [0.29, 0.717) is 19.6 Å². The van der Waals surface area contributed by atoms with Crippen molar-refractivity contribution in [3.05, 3.63) is 71.8 Å². The molecule has 0 aliphatic rings. The zero-order valence-electron chi connectivity index (χ0n) is 12.7. The zero-order valence-corrected chi connectivity index (χ0v) is 12.7. The topological polar surface area (TPSA) is 67.5 Å². The van der Waals surface area contributed by atoms with Crippen LogP contribution in [0.2, 0.25) is 0 Å². The van der Waals surface area contributed by atoms with E-state index >= 15 is 0 Å². The van der Waals surface area contributed by atoms with Crippen LogP contribution in [0, 0.1) is 0 Å². The Kier molecular flexibility index (Phi) is 7.06. The van der Waals surface area contributed by atoms with Crippen LogP contribution in [-0.4, -0.2) is 30.4 Å². The molecule has 0 bridgehead atoms. The van der Waals surface area contributed by atoms with Gasteiger partial charge >= 0.3 is 0 Å². The quantitative estimate of drug-likeness (QED) is 0.487. The predicted octanol–water partition coefficient (Wildman–Crippen LogP) is 1.68. The molecule has 0 amide bonds. The van der Waals surface area contributed by atoms with Crippen LogP contribution in [0.25, 0.3) is 0 Å². The van der Waals surface area contributed by atoms with Crippen molar-refractivity contribution in [2.75, 3.05) is 13.2 Å². The normalized spacial score (nSPS) is 13.7.